The summed E-state index contributed by atoms with van der Waals surface area (Å²) in [5.74, 6) is -1.21. The molecule has 0 radical (unpaired) electrons. The van der Waals surface area contributed by atoms with Crippen molar-refractivity contribution in [2.75, 3.05) is 19.3 Å². The molecular formula is C22H25F6N3O5S. The fourth-order valence-corrected chi connectivity index (χ4v) is 5.05. The second-order valence-corrected chi connectivity index (χ2v) is 12.3. The van der Waals surface area contributed by atoms with E-state index in [1.54, 1.807) is 0 Å². The van der Waals surface area contributed by atoms with Gasteiger partial charge in [0, 0.05) is 19.3 Å². The molecule has 2 fully saturated rings. The first-order chi connectivity index (χ1) is 16.8. The van der Waals surface area contributed by atoms with E-state index in [-0.39, 0.29) is 35.3 Å². The molecule has 0 spiro atoms. The molecule has 3 aliphatic rings. The highest BCUT2D eigenvalue weighted by atomic mass is 32.2. The van der Waals surface area contributed by atoms with E-state index in [0.717, 1.165) is 45.2 Å². The Bertz CT molecular complexity index is 1250. The minimum Gasteiger partial charge on any atom is -0.480 e. The number of alkyl halides is 6. The van der Waals surface area contributed by atoms with Crippen molar-refractivity contribution < 1.29 is 49.1 Å². The van der Waals surface area contributed by atoms with Gasteiger partial charge in [-0.1, -0.05) is 0 Å². The Kier molecular flexibility index (Phi) is 6.30. The molecule has 37 heavy (non-hydrogen) atoms. The number of hydrogen-bond donors (Lipinski definition) is 1. The largest absolute Gasteiger partial charge is 0.480 e. The number of benzene rings is 1. The number of amidine groups is 1. The highest BCUT2D eigenvalue weighted by molar-refractivity contribution is 7.90. The van der Waals surface area contributed by atoms with E-state index >= 15 is 0 Å². The minimum absolute atomic E-state index is 0.00221. The number of hydroxylamine groups is 1. The number of piperidine rings is 1. The van der Waals surface area contributed by atoms with Crippen LogP contribution in [0.4, 0.5) is 26.3 Å². The van der Waals surface area contributed by atoms with E-state index in [4.69, 9.17) is 9.57 Å². The molecular weight excluding hydrogens is 532 g/mol. The van der Waals surface area contributed by atoms with E-state index in [2.05, 4.69) is 10.5 Å². The molecule has 4 atom stereocenters. The Labute approximate surface area is 208 Å². The molecule has 0 aromatic heterocycles. The summed E-state index contributed by atoms with van der Waals surface area (Å²) < 4.78 is 109. The molecule has 8 nitrogen and oxygen atoms in total. The average molecular weight is 558 g/mol. The molecule has 2 heterocycles. The molecule has 4 unspecified atom stereocenters. The number of halogens is 6. The summed E-state index contributed by atoms with van der Waals surface area (Å²) in [5.41, 5.74) is -0.975. The normalized spacial score (nSPS) is 26.9. The van der Waals surface area contributed by atoms with Crippen LogP contribution >= 0.6 is 0 Å². The van der Waals surface area contributed by atoms with Gasteiger partial charge >= 0.3 is 12.4 Å². The minimum atomic E-state index is -4.73. The Hall–Kier alpha value is -2.55. The predicted molar refractivity (Wildman–Crippen MR) is 117 cm³/mol. The smallest absolute Gasteiger partial charge is 0.425 e. The zero-order chi connectivity index (χ0) is 27.8. The highest BCUT2D eigenvalue weighted by Crippen LogP contribution is 2.59. The maximum absolute atomic E-state index is 13.4. The third-order valence-corrected chi connectivity index (χ3v) is 8.25. The molecule has 0 bridgehead atoms. The Morgan fingerprint density at radius 2 is 1.89 bits per heavy atom. The van der Waals surface area contributed by atoms with Crippen molar-refractivity contribution in [3.63, 3.8) is 0 Å². The van der Waals surface area contributed by atoms with Gasteiger partial charge in [-0.15, -0.1) is 0 Å². The number of rotatable bonds is 6. The van der Waals surface area contributed by atoms with Crippen molar-refractivity contribution in [2.24, 2.45) is 21.7 Å². The van der Waals surface area contributed by atoms with Crippen LogP contribution < -0.4 is 10.2 Å². The lowest BCUT2D eigenvalue weighted by Gasteiger charge is -2.29. The first-order valence-electron chi connectivity index (χ1n) is 11.2. The predicted octanol–water partition coefficient (Wildman–Crippen LogP) is 3.73. The molecule has 15 heteroatoms. The number of hydrogen-bond acceptors (Lipinski definition) is 7. The maximum atomic E-state index is 13.4. The van der Waals surface area contributed by atoms with Crippen LogP contribution in [0.15, 0.2) is 28.1 Å². The highest BCUT2D eigenvalue weighted by Gasteiger charge is 2.66. The van der Waals surface area contributed by atoms with Gasteiger partial charge in [-0.05, 0) is 51.3 Å². The van der Waals surface area contributed by atoms with E-state index < -0.39 is 57.0 Å². The van der Waals surface area contributed by atoms with Crippen molar-refractivity contribution in [3.05, 3.63) is 23.8 Å². The summed E-state index contributed by atoms with van der Waals surface area (Å²) in [4.78, 5) is 23.6. The van der Waals surface area contributed by atoms with Crippen LogP contribution in [-0.4, -0.2) is 69.1 Å². The fourth-order valence-electron chi connectivity index (χ4n) is 4.40. The van der Waals surface area contributed by atoms with E-state index in [1.807, 2.05) is 0 Å². The van der Waals surface area contributed by atoms with Gasteiger partial charge in [0.05, 0.1) is 15.9 Å². The van der Waals surface area contributed by atoms with Gasteiger partial charge in [0.15, 0.2) is 22.2 Å². The molecule has 2 aliphatic heterocycles. The van der Waals surface area contributed by atoms with Crippen LogP contribution in [-0.2, 0) is 14.7 Å². The number of amides is 1. The van der Waals surface area contributed by atoms with E-state index in [9.17, 15) is 39.6 Å². The molecule has 1 saturated heterocycles. The summed E-state index contributed by atoms with van der Waals surface area (Å²) in [6.07, 6.45) is -11.7. The fraction of sp³-hybridized carbons (Fsp3) is 0.636. The SMILES string of the molecule is CC(Oc1ccc(S(C)(=O)=O)cc1C(=O)N1CC2CC2(C2=NC(C(C)(C)C(F)(F)F)ON2)C1)C(F)(F)F. The Morgan fingerprint density at radius 3 is 2.46 bits per heavy atom. The van der Waals surface area contributed by atoms with Crippen LogP contribution in [0.5, 0.6) is 5.75 Å². The number of carbonyl (C=O) groups excluding carboxylic acids is 1. The number of sulfone groups is 1. The number of aliphatic imine (C=N–C) groups is 1. The molecule has 1 saturated carbocycles. The van der Waals surface area contributed by atoms with Crippen LogP contribution in [0, 0.1) is 16.7 Å². The summed E-state index contributed by atoms with van der Waals surface area (Å²) in [6.45, 7) is 2.81. The molecule has 206 valence electrons. The second kappa shape index (κ2) is 8.48. The van der Waals surface area contributed by atoms with Gasteiger partial charge in [-0.3, -0.25) is 10.3 Å². The lowest BCUT2D eigenvalue weighted by atomic mass is 9.90. The van der Waals surface area contributed by atoms with Gasteiger partial charge in [-0.2, -0.15) is 26.3 Å². The number of likely N-dealkylation sites (tertiary alicyclic amines) is 1. The van der Waals surface area contributed by atoms with E-state index in [1.165, 1.54) is 4.90 Å². The lowest BCUT2D eigenvalue weighted by molar-refractivity contribution is -0.248. The quantitative estimate of drug-likeness (QED) is 0.536. The van der Waals surface area contributed by atoms with Crippen LogP contribution in [0.1, 0.15) is 37.6 Å². The summed E-state index contributed by atoms with van der Waals surface area (Å²) in [5, 5.41) is 0. The molecule has 4 rings (SSSR count). The van der Waals surface area contributed by atoms with Gasteiger partial charge in [0.25, 0.3) is 5.91 Å². The zero-order valence-electron chi connectivity index (χ0n) is 20.2. The van der Waals surface area contributed by atoms with Gasteiger partial charge < -0.3 is 9.64 Å². The van der Waals surface area contributed by atoms with Crippen molar-refractivity contribution >= 4 is 21.6 Å². The Morgan fingerprint density at radius 1 is 1.24 bits per heavy atom. The summed E-state index contributed by atoms with van der Waals surface area (Å²) in [6, 6.07) is 3.01. The Balaban J connectivity index is 1.60. The zero-order valence-corrected chi connectivity index (χ0v) is 21.0. The first-order valence-corrected chi connectivity index (χ1v) is 13.1. The first kappa shape index (κ1) is 27.5. The van der Waals surface area contributed by atoms with Crippen LogP contribution in [0.3, 0.4) is 0 Å². The number of nitrogens with zero attached hydrogens (tertiary/aromatic N) is 2. The number of nitrogens with one attached hydrogen (secondary N) is 1. The topological polar surface area (TPSA) is 97.3 Å². The average Bonchev–Trinajstić information content (AvgIpc) is 3.12. The van der Waals surface area contributed by atoms with Crippen molar-refractivity contribution in [2.45, 2.75) is 56.8 Å². The molecule has 1 N–H and O–H groups in total. The van der Waals surface area contributed by atoms with Gasteiger partial charge in [0.1, 0.15) is 17.0 Å². The summed E-state index contributed by atoms with van der Waals surface area (Å²) >= 11 is 0. The van der Waals surface area contributed by atoms with Crippen molar-refractivity contribution in [1.82, 2.24) is 10.4 Å². The van der Waals surface area contributed by atoms with Gasteiger partial charge in [-0.25, -0.2) is 18.2 Å². The molecule has 1 aromatic rings. The van der Waals surface area contributed by atoms with Gasteiger partial charge in [0.2, 0.25) is 0 Å². The van der Waals surface area contributed by atoms with Crippen LogP contribution in [0.2, 0.25) is 0 Å². The molecule has 1 amide bonds. The standard InChI is InChI=1S/C22H25F6N3O5S/c1-11(21(23,24)25)35-15-6-5-13(37(4,33)34)7-14(15)16(32)31-9-12-8-20(12,10-31)17-29-18(36-30-17)19(2,3)22(26,27)28/h5-7,11-12,18H,8-10H2,1-4H3,(H,29,30). The van der Waals surface area contributed by atoms with Crippen molar-refractivity contribution in [1.29, 1.82) is 0 Å². The van der Waals surface area contributed by atoms with Crippen molar-refractivity contribution in [3.8, 4) is 5.75 Å². The number of ether oxygens (including phenoxy) is 1. The van der Waals surface area contributed by atoms with Crippen LogP contribution in [0.25, 0.3) is 0 Å². The molecule has 1 aliphatic carbocycles. The lowest BCUT2D eigenvalue weighted by Crippen LogP contribution is -2.42. The maximum Gasteiger partial charge on any atom is 0.425 e. The second-order valence-electron chi connectivity index (χ2n) is 10.2. The third kappa shape index (κ3) is 4.87. The summed E-state index contributed by atoms with van der Waals surface area (Å²) in [7, 11) is -3.80. The number of carbonyl (C=O) groups is 1. The third-order valence-electron chi connectivity index (χ3n) is 7.14. The number of fused-ring (bicyclic) bond motifs is 1. The van der Waals surface area contributed by atoms with E-state index in [0.29, 0.717) is 6.42 Å². The molecule has 1 aromatic carbocycles. The monoisotopic (exact) mass is 557 g/mol.